The van der Waals surface area contributed by atoms with Gasteiger partial charge in [0.1, 0.15) is 5.69 Å². The van der Waals surface area contributed by atoms with Gasteiger partial charge in [-0.2, -0.15) is 0 Å². The van der Waals surface area contributed by atoms with Gasteiger partial charge in [-0.15, -0.1) is 0 Å². The first-order valence-electron chi connectivity index (χ1n) is 7.75. The second-order valence-electron chi connectivity index (χ2n) is 5.97. The lowest BCUT2D eigenvalue weighted by Gasteiger charge is -2.14. The molecule has 5 nitrogen and oxygen atoms in total. The lowest BCUT2D eigenvalue weighted by molar-refractivity contribution is -0.140. The van der Waals surface area contributed by atoms with Crippen molar-refractivity contribution in [1.82, 2.24) is 10.1 Å². The minimum atomic E-state index is -0.201. The van der Waals surface area contributed by atoms with Gasteiger partial charge in [0, 0.05) is 11.6 Å². The molecule has 2 atom stereocenters. The largest absolute Gasteiger partial charge is 0.356 e. The minimum Gasteiger partial charge on any atom is -0.356 e. The number of hydrogen-bond donors (Lipinski definition) is 0. The first kappa shape index (κ1) is 13.9. The fourth-order valence-corrected chi connectivity index (χ4v) is 3.31. The van der Waals surface area contributed by atoms with Crippen LogP contribution in [0.25, 0.3) is 11.3 Å². The van der Waals surface area contributed by atoms with Crippen molar-refractivity contribution in [1.29, 1.82) is 0 Å². The van der Waals surface area contributed by atoms with Crippen LogP contribution in [0.2, 0.25) is 0 Å². The zero-order valence-electron chi connectivity index (χ0n) is 12.5. The molecule has 1 aliphatic heterocycles. The van der Waals surface area contributed by atoms with Crippen molar-refractivity contribution in [2.75, 3.05) is 0 Å². The van der Waals surface area contributed by atoms with E-state index in [1.165, 1.54) is 4.90 Å². The van der Waals surface area contributed by atoms with E-state index in [2.05, 4.69) is 5.16 Å². The van der Waals surface area contributed by atoms with E-state index in [-0.39, 0.29) is 30.2 Å². The van der Waals surface area contributed by atoms with Crippen LogP contribution >= 0.6 is 0 Å². The van der Waals surface area contributed by atoms with Crippen LogP contribution in [0.4, 0.5) is 0 Å². The summed E-state index contributed by atoms with van der Waals surface area (Å²) >= 11 is 0. The smallest absolute Gasteiger partial charge is 0.233 e. The topological polar surface area (TPSA) is 63.4 Å². The van der Waals surface area contributed by atoms with E-state index in [0.717, 1.165) is 5.56 Å². The summed E-state index contributed by atoms with van der Waals surface area (Å²) in [4.78, 5) is 26.2. The molecule has 5 heteroatoms. The van der Waals surface area contributed by atoms with Crippen molar-refractivity contribution in [2.45, 2.75) is 19.4 Å². The van der Waals surface area contributed by atoms with Crippen LogP contribution in [0.3, 0.4) is 0 Å². The van der Waals surface area contributed by atoms with Crippen LogP contribution in [0.5, 0.6) is 0 Å². The fourth-order valence-electron chi connectivity index (χ4n) is 3.31. The van der Waals surface area contributed by atoms with E-state index in [0.29, 0.717) is 24.3 Å². The molecule has 0 spiro atoms. The van der Waals surface area contributed by atoms with E-state index >= 15 is 0 Å². The number of hydrogen-bond acceptors (Lipinski definition) is 4. The first-order chi connectivity index (χ1) is 11.2. The number of rotatable bonds is 3. The maximum Gasteiger partial charge on any atom is 0.233 e. The predicted octanol–water partition coefficient (Wildman–Crippen LogP) is 2.79. The molecule has 1 aliphatic carbocycles. The number of benzene rings is 1. The summed E-state index contributed by atoms with van der Waals surface area (Å²) in [6.45, 7) is 0.182. The standard InChI is InChI=1S/C18H16N2O3/c21-17-14-8-4-5-9-15(14)18(22)20(17)11-13-10-16(23-19-13)12-6-2-1-3-7-12/h1-7,10,14-15H,8-9,11H2. The van der Waals surface area contributed by atoms with Gasteiger partial charge in [-0.3, -0.25) is 14.5 Å². The summed E-state index contributed by atoms with van der Waals surface area (Å²) in [6.07, 6.45) is 5.28. The highest BCUT2D eigenvalue weighted by atomic mass is 16.5. The molecule has 2 unspecified atom stereocenters. The van der Waals surface area contributed by atoms with Crippen LogP contribution in [-0.4, -0.2) is 21.9 Å². The molecule has 2 amide bonds. The highest BCUT2D eigenvalue weighted by molar-refractivity contribution is 6.05. The van der Waals surface area contributed by atoms with Gasteiger partial charge < -0.3 is 4.52 Å². The molecule has 4 rings (SSSR count). The molecule has 0 bridgehead atoms. The highest BCUT2D eigenvalue weighted by Crippen LogP contribution is 2.35. The average Bonchev–Trinajstić information content (AvgIpc) is 3.16. The summed E-state index contributed by atoms with van der Waals surface area (Å²) in [5, 5.41) is 4.01. The quantitative estimate of drug-likeness (QED) is 0.646. The Morgan fingerprint density at radius 2 is 1.70 bits per heavy atom. The van der Waals surface area contributed by atoms with E-state index < -0.39 is 0 Å². The number of amides is 2. The van der Waals surface area contributed by atoms with Gasteiger partial charge in [-0.25, -0.2) is 0 Å². The Balaban J connectivity index is 1.54. The monoisotopic (exact) mass is 308 g/mol. The summed E-state index contributed by atoms with van der Waals surface area (Å²) in [5.74, 6) is 0.0574. The number of imide groups is 1. The molecule has 2 aromatic rings. The second kappa shape index (κ2) is 5.50. The first-order valence-corrected chi connectivity index (χ1v) is 7.75. The third kappa shape index (κ3) is 2.38. The molecule has 2 aliphatic rings. The molecule has 0 saturated carbocycles. The molecule has 1 fully saturated rings. The van der Waals surface area contributed by atoms with Gasteiger partial charge in [0.2, 0.25) is 11.8 Å². The molecule has 1 saturated heterocycles. The lowest BCUT2D eigenvalue weighted by Crippen LogP contribution is -2.30. The molecule has 116 valence electrons. The van der Waals surface area contributed by atoms with Gasteiger partial charge in [0.05, 0.1) is 18.4 Å². The Labute approximate surface area is 133 Å². The Morgan fingerprint density at radius 1 is 1.04 bits per heavy atom. The molecular weight excluding hydrogens is 292 g/mol. The molecule has 0 N–H and O–H groups in total. The number of carbonyl (C=O) groups excluding carboxylic acids is 2. The number of likely N-dealkylation sites (tertiary alicyclic amines) is 1. The van der Waals surface area contributed by atoms with Crippen molar-refractivity contribution < 1.29 is 14.1 Å². The lowest BCUT2D eigenvalue weighted by atomic mass is 9.85. The normalized spacial score (nSPS) is 23.4. The summed E-state index contributed by atoms with van der Waals surface area (Å²) in [6, 6.07) is 11.4. The van der Waals surface area contributed by atoms with Crippen LogP contribution in [0.15, 0.2) is 53.1 Å². The van der Waals surface area contributed by atoms with E-state index in [1.54, 1.807) is 6.07 Å². The van der Waals surface area contributed by atoms with Crippen LogP contribution in [0.1, 0.15) is 18.5 Å². The Bertz CT molecular complexity index is 753. The van der Waals surface area contributed by atoms with E-state index in [4.69, 9.17) is 4.52 Å². The van der Waals surface area contributed by atoms with Crippen LogP contribution < -0.4 is 0 Å². The number of fused-ring (bicyclic) bond motifs is 1. The molecule has 1 aromatic carbocycles. The number of aromatic nitrogens is 1. The van der Waals surface area contributed by atoms with E-state index in [9.17, 15) is 9.59 Å². The van der Waals surface area contributed by atoms with Gasteiger partial charge in [-0.05, 0) is 12.8 Å². The molecule has 1 aromatic heterocycles. The predicted molar refractivity (Wildman–Crippen MR) is 82.9 cm³/mol. The number of nitrogens with zero attached hydrogens (tertiary/aromatic N) is 2. The molecule has 2 heterocycles. The van der Waals surface area contributed by atoms with Crippen molar-refractivity contribution in [3.05, 3.63) is 54.2 Å². The van der Waals surface area contributed by atoms with Gasteiger partial charge in [0.25, 0.3) is 0 Å². The Morgan fingerprint density at radius 3 is 2.35 bits per heavy atom. The Kier molecular flexibility index (Phi) is 3.33. The SMILES string of the molecule is O=C1C2CC=CCC2C(=O)N1Cc1cc(-c2ccccc2)on1. The molecule has 23 heavy (non-hydrogen) atoms. The number of allylic oxidation sites excluding steroid dienone is 2. The summed E-state index contributed by atoms with van der Waals surface area (Å²) < 4.78 is 5.34. The fraction of sp³-hybridized carbons (Fsp3) is 0.278. The van der Waals surface area contributed by atoms with Crippen molar-refractivity contribution in [3.63, 3.8) is 0 Å². The zero-order valence-corrected chi connectivity index (χ0v) is 12.5. The van der Waals surface area contributed by atoms with Crippen LogP contribution in [-0.2, 0) is 16.1 Å². The molecular formula is C18H16N2O3. The van der Waals surface area contributed by atoms with Gasteiger partial charge in [0.15, 0.2) is 5.76 Å². The third-order valence-electron chi connectivity index (χ3n) is 4.54. The van der Waals surface area contributed by atoms with Crippen molar-refractivity contribution in [2.24, 2.45) is 11.8 Å². The number of carbonyl (C=O) groups is 2. The third-order valence-corrected chi connectivity index (χ3v) is 4.54. The zero-order chi connectivity index (χ0) is 15.8. The van der Waals surface area contributed by atoms with E-state index in [1.807, 2.05) is 42.5 Å². The highest BCUT2D eigenvalue weighted by Gasteiger charge is 2.47. The minimum absolute atomic E-state index is 0.0892. The van der Waals surface area contributed by atoms with Crippen molar-refractivity contribution in [3.8, 4) is 11.3 Å². The average molecular weight is 308 g/mol. The summed E-state index contributed by atoms with van der Waals surface area (Å²) in [5.41, 5.74) is 1.51. The maximum absolute atomic E-state index is 12.4. The summed E-state index contributed by atoms with van der Waals surface area (Å²) in [7, 11) is 0. The van der Waals surface area contributed by atoms with Gasteiger partial charge >= 0.3 is 0 Å². The van der Waals surface area contributed by atoms with Crippen LogP contribution in [0, 0.1) is 11.8 Å². The maximum atomic E-state index is 12.4. The second-order valence-corrected chi connectivity index (χ2v) is 5.97. The van der Waals surface area contributed by atoms with Crippen molar-refractivity contribution >= 4 is 11.8 Å². The Hall–Kier alpha value is -2.69. The van der Waals surface area contributed by atoms with Gasteiger partial charge in [-0.1, -0.05) is 47.6 Å². The molecule has 0 radical (unpaired) electrons.